The van der Waals surface area contributed by atoms with Gasteiger partial charge in [-0.15, -0.1) is 11.3 Å². The summed E-state index contributed by atoms with van der Waals surface area (Å²) in [5.74, 6) is -0.847. The van der Waals surface area contributed by atoms with E-state index in [1.807, 2.05) is 0 Å². The monoisotopic (exact) mass is 367 g/mol. The lowest BCUT2D eigenvalue weighted by Crippen LogP contribution is -2.22. The van der Waals surface area contributed by atoms with Crippen molar-refractivity contribution in [3.8, 4) is 6.07 Å². The van der Waals surface area contributed by atoms with Gasteiger partial charge < -0.3 is 5.32 Å². The molecule has 126 valence electrons. The molecule has 2 rings (SSSR count). The molecule has 0 aliphatic carbocycles. The van der Waals surface area contributed by atoms with E-state index in [1.54, 1.807) is 19.1 Å². The number of sulfonamides is 1. The summed E-state index contributed by atoms with van der Waals surface area (Å²) in [6.07, 6.45) is 0. The van der Waals surface area contributed by atoms with Crippen molar-refractivity contribution in [1.82, 2.24) is 5.32 Å². The van der Waals surface area contributed by atoms with Crippen LogP contribution in [-0.2, 0) is 14.8 Å². The molecule has 1 atom stereocenters. The van der Waals surface area contributed by atoms with Crippen molar-refractivity contribution in [2.24, 2.45) is 0 Å². The topological polar surface area (TPSA) is 99.1 Å². The van der Waals surface area contributed by atoms with Crippen LogP contribution in [0.15, 0.2) is 34.5 Å². The number of nitrogens with one attached hydrogen (secondary N) is 2. The van der Waals surface area contributed by atoms with Crippen LogP contribution in [0, 0.1) is 17.1 Å². The number of hydrogen-bond donors (Lipinski definition) is 2. The molecule has 1 heterocycles. The molecule has 6 nitrogen and oxygen atoms in total. The van der Waals surface area contributed by atoms with Crippen molar-refractivity contribution in [3.63, 3.8) is 0 Å². The zero-order valence-corrected chi connectivity index (χ0v) is 14.5. The van der Waals surface area contributed by atoms with E-state index in [-0.39, 0.29) is 27.4 Å². The number of nitriles is 1. The van der Waals surface area contributed by atoms with Crippen molar-refractivity contribution < 1.29 is 17.6 Å². The molecule has 0 radical (unpaired) electrons. The summed E-state index contributed by atoms with van der Waals surface area (Å²) < 4.78 is 40.3. The van der Waals surface area contributed by atoms with Crippen LogP contribution in [-0.4, -0.2) is 14.3 Å². The fourth-order valence-electron chi connectivity index (χ4n) is 1.98. The van der Waals surface area contributed by atoms with Crippen molar-refractivity contribution in [3.05, 3.63) is 46.6 Å². The van der Waals surface area contributed by atoms with E-state index in [2.05, 4.69) is 10.0 Å². The van der Waals surface area contributed by atoms with Gasteiger partial charge in [0.1, 0.15) is 16.1 Å². The van der Waals surface area contributed by atoms with Crippen molar-refractivity contribution in [1.29, 1.82) is 5.26 Å². The van der Waals surface area contributed by atoms with Gasteiger partial charge in [0.2, 0.25) is 5.91 Å². The molecule has 9 heteroatoms. The minimum Gasteiger partial charge on any atom is -0.349 e. The third-order valence-corrected chi connectivity index (χ3v) is 6.19. The molecular weight excluding hydrogens is 353 g/mol. The molecule has 0 aliphatic heterocycles. The van der Waals surface area contributed by atoms with Crippen LogP contribution in [0.1, 0.15) is 30.3 Å². The first kappa shape index (κ1) is 17.9. The number of hydrogen-bond acceptors (Lipinski definition) is 5. The lowest BCUT2D eigenvalue weighted by atomic mass is 10.2. The van der Waals surface area contributed by atoms with Crippen molar-refractivity contribution in [2.45, 2.75) is 24.1 Å². The standard InChI is InChI=1S/C15H14FN3O3S2/c1-9(18-10(2)20)14-5-6-15(23-14)24(21,22)19-13-4-3-12(16)7-11(13)8-17/h3-7,9,19H,1-2H3,(H,18,20). The van der Waals surface area contributed by atoms with E-state index in [0.29, 0.717) is 4.88 Å². The van der Waals surface area contributed by atoms with E-state index in [1.165, 1.54) is 19.1 Å². The SMILES string of the molecule is CC(=O)NC(C)c1ccc(S(=O)(=O)Nc2ccc(F)cc2C#N)s1. The highest BCUT2D eigenvalue weighted by molar-refractivity contribution is 7.94. The normalized spacial score (nSPS) is 12.2. The summed E-state index contributed by atoms with van der Waals surface area (Å²) in [4.78, 5) is 11.7. The largest absolute Gasteiger partial charge is 0.349 e. The quantitative estimate of drug-likeness (QED) is 0.849. The smallest absolute Gasteiger partial charge is 0.271 e. The first-order chi connectivity index (χ1) is 11.2. The van der Waals surface area contributed by atoms with E-state index >= 15 is 0 Å². The Hall–Kier alpha value is -2.44. The first-order valence-corrected chi connectivity index (χ1v) is 9.12. The van der Waals surface area contributed by atoms with Crippen LogP contribution in [0.4, 0.5) is 10.1 Å². The summed E-state index contributed by atoms with van der Waals surface area (Å²) in [5, 5.41) is 11.7. The minimum absolute atomic E-state index is 0.00348. The summed E-state index contributed by atoms with van der Waals surface area (Å²) in [6.45, 7) is 3.12. The number of benzene rings is 1. The van der Waals surface area contributed by atoms with Crippen LogP contribution in [0.3, 0.4) is 0 Å². The number of carbonyl (C=O) groups is 1. The highest BCUT2D eigenvalue weighted by Gasteiger charge is 2.20. The zero-order chi connectivity index (χ0) is 17.9. The Labute approximate surface area is 143 Å². The van der Waals surface area contributed by atoms with Gasteiger partial charge in [0.25, 0.3) is 10.0 Å². The molecular formula is C15H14FN3O3S2. The molecule has 0 saturated carbocycles. The fourth-order valence-corrected chi connectivity index (χ4v) is 4.39. The predicted molar refractivity (Wildman–Crippen MR) is 88.5 cm³/mol. The number of rotatable bonds is 5. The molecule has 2 N–H and O–H groups in total. The van der Waals surface area contributed by atoms with Gasteiger partial charge in [-0.05, 0) is 37.3 Å². The van der Waals surface area contributed by atoms with Gasteiger partial charge in [0, 0.05) is 11.8 Å². The number of thiophene rings is 1. The maximum atomic E-state index is 13.1. The molecule has 1 aromatic heterocycles. The molecule has 1 aromatic carbocycles. The molecule has 0 saturated heterocycles. The lowest BCUT2D eigenvalue weighted by Gasteiger charge is -2.10. The lowest BCUT2D eigenvalue weighted by molar-refractivity contribution is -0.119. The van der Waals surface area contributed by atoms with Crippen molar-refractivity contribution in [2.75, 3.05) is 4.72 Å². The average molecular weight is 367 g/mol. The van der Waals surface area contributed by atoms with Gasteiger partial charge in [-0.2, -0.15) is 5.26 Å². The molecule has 1 unspecified atom stereocenters. The zero-order valence-electron chi connectivity index (χ0n) is 12.8. The van der Waals surface area contributed by atoms with Crippen LogP contribution < -0.4 is 10.0 Å². The number of amides is 1. The minimum atomic E-state index is -3.92. The molecule has 2 aromatic rings. The Morgan fingerprint density at radius 2 is 2.04 bits per heavy atom. The van der Waals surface area contributed by atoms with Crippen LogP contribution >= 0.6 is 11.3 Å². The summed E-state index contributed by atoms with van der Waals surface area (Å²) in [7, 11) is -3.92. The predicted octanol–water partition coefficient (Wildman–Crippen LogP) is 2.76. The average Bonchev–Trinajstić information content (AvgIpc) is 2.99. The Balaban J connectivity index is 2.27. The molecule has 24 heavy (non-hydrogen) atoms. The van der Waals surface area contributed by atoms with E-state index in [9.17, 15) is 17.6 Å². The second-order valence-electron chi connectivity index (χ2n) is 4.99. The number of halogens is 1. The fraction of sp³-hybridized carbons (Fsp3) is 0.200. The number of anilines is 1. The van der Waals surface area contributed by atoms with Gasteiger partial charge in [-0.1, -0.05) is 0 Å². The van der Waals surface area contributed by atoms with Gasteiger partial charge in [-0.25, -0.2) is 12.8 Å². The maximum absolute atomic E-state index is 13.1. The van der Waals surface area contributed by atoms with E-state index in [0.717, 1.165) is 23.5 Å². The second kappa shape index (κ2) is 6.98. The number of nitrogens with zero attached hydrogens (tertiary/aromatic N) is 1. The van der Waals surface area contributed by atoms with Crippen LogP contribution in [0.2, 0.25) is 0 Å². The van der Waals surface area contributed by atoms with Gasteiger partial charge in [0.05, 0.1) is 17.3 Å². The highest BCUT2D eigenvalue weighted by Crippen LogP contribution is 2.29. The third-order valence-electron chi connectivity index (χ3n) is 3.06. The van der Waals surface area contributed by atoms with Gasteiger partial charge >= 0.3 is 0 Å². The second-order valence-corrected chi connectivity index (χ2v) is 8.01. The molecule has 0 spiro atoms. The Bertz CT molecular complexity index is 916. The van der Waals surface area contributed by atoms with Gasteiger partial charge in [0.15, 0.2) is 0 Å². The number of carbonyl (C=O) groups excluding carboxylic acids is 1. The molecule has 0 bridgehead atoms. The first-order valence-electron chi connectivity index (χ1n) is 6.82. The van der Waals surface area contributed by atoms with Crippen molar-refractivity contribution >= 4 is 33.0 Å². The Morgan fingerprint density at radius 1 is 1.33 bits per heavy atom. The third kappa shape index (κ3) is 4.10. The maximum Gasteiger partial charge on any atom is 0.271 e. The summed E-state index contributed by atoms with van der Waals surface area (Å²) in [6, 6.07) is 7.66. The summed E-state index contributed by atoms with van der Waals surface area (Å²) in [5.41, 5.74) is -0.106. The van der Waals surface area contributed by atoms with Gasteiger partial charge in [-0.3, -0.25) is 9.52 Å². The van der Waals surface area contributed by atoms with E-state index < -0.39 is 15.8 Å². The molecule has 0 aliphatic rings. The van der Waals surface area contributed by atoms with Crippen LogP contribution in [0.25, 0.3) is 0 Å². The van der Waals surface area contributed by atoms with Crippen LogP contribution in [0.5, 0.6) is 0 Å². The Kier molecular flexibility index (Phi) is 5.21. The molecule has 0 fully saturated rings. The summed E-state index contributed by atoms with van der Waals surface area (Å²) >= 11 is 1.00. The highest BCUT2D eigenvalue weighted by atomic mass is 32.2. The van der Waals surface area contributed by atoms with E-state index in [4.69, 9.17) is 5.26 Å². The molecule has 1 amide bonds. The Morgan fingerprint density at radius 3 is 2.67 bits per heavy atom.